The van der Waals surface area contributed by atoms with E-state index in [0.717, 1.165) is 42.9 Å². The van der Waals surface area contributed by atoms with Crippen LogP contribution in [0, 0.1) is 5.82 Å². The fourth-order valence-corrected chi connectivity index (χ4v) is 6.59. The fourth-order valence-electron chi connectivity index (χ4n) is 5.55. The second-order valence-corrected chi connectivity index (χ2v) is 10.7. The Morgan fingerprint density at radius 2 is 1.94 bits per heavy atom. The highest BCUT2D eigenvalue weighted by atomic mass is 32.1. The summed E-state index contributed by atoms with van der Waals surface area (Å²) in [6, 6.07) is 8.71. The molecule has 9 heteroatoms. The topological polar surface area (TPSA) is 82.6 Å². The first-order chi connectivity index (χ1) is 17.0. The first-order valence-corrected chi connectivity index (χ1v) is 12.8. The Labute approximate surface area is 205 Å². The average molecular weight is 493 g/mol. The third kappa shape index (κ3) is 4.12. The van der Waals surface area contributed by atoms with Crippen molar-refractivity contribution in [2.24, 2.45) is 0 Å². The van der Waals surface area contributed by atoms with Crippen LogP contribution in [0.1, 0.15) is 58.0 Å². The van der Waals surface area contributed by atoms with Crippen LogP contribution in [0.25, 0.3) is 10.2 Å². The van der Waals surface area contributed by atoms with Gasteiger partial charge >= 0.3 is 0 Å². The van der Waals surface area contributed by atoms with E-state index in [-0.39, 0.29) is 36.5 Å². The number of imide groups is 1. The highest BCUT2D eigenvalue weighted by Crippen LogP contribution is 2.36. The number of halogens is 1. The lowest BCUT2D eigenvalue weighted by molar-refractivity contribution is -0.136. The molecule has 1 N–H and O–H groups in total. The molecule has 3 aliphatic rings. The number of hydrogen-bond donors (Lipinski definition) is 1. The van der Waals surface area contributed by atoms with Crippen molar-refractivity contribution in [1.82, 2.24) is 20.1 Å². The van der Waals surface area contributed by atoms with Gasteiger partial charge in [0.2, 0.25) is 11.8 Å². The molecule has 0 bridgehead atoms. The third-order valence-corrected chi connectivity index (χ3v) is 8.44. The van der Waals surface area contributed by atoms with Crippen LogP contribution >= 0.6 is 11.3 Å². The third-order valence-electron chi connectivity index (χ3n) is 7.39. The normalized spacial score (nSPS) is 21.6. The maximum absolute atomic E-state index is 15.1. The van der Waals surface area contributed by atoms with Gasteiger partial charge in [0, 0.05) is 41.5 Å². The van der Waals surface area contributed by atoms with Crippen molar-refractivity contribution in [3.05, 3.63) is 63.9 Å². The van der Waals surface area contributed by atoms with Crippen LogP contribution in [0.5, 0.6) is 0 Å². The molecule has 6 rings (SSSR count). The van der Waals surface area contributed by atoms with E-state index in [1.165, 1.54) is 21.2 Å². The van der Waals surface area contributed by atoms with E-state index in [1.807, 2.05) is 18.3 Å². The predicted octanol–water partition coefficient (Wildman–Crippen LogP) is 3.58. The van der Waals surface area contributed by atoms with Crippen molar-refractivity contribution in [2.75, 3.05) is 13.1 Å². The van der Waals surface area contributed by atoms with Gasteiger partial charge in [0.15, 0.2) is 0 Å². The van der Waals surface area contributed by atoms with Crippen LogP contribution in [-0.2, 0) is 22.7 Å². The molecule has 2 saturated heterocycles. The van der Waals surface area contributed by atoms with Crippen LogP contribution in [0.15, 0.2) is 36.5 Å². The molecule has 1 aromatic carbocycles. The van der Waals surface area contributed by atoms with Crippen molar-refractivity contribution in [2.45, 2.75) is 50.7 Å². The van der Waals surface area contributed by atoms with Gasteiger partial charge in [-0.05, 0) is 67.6 Å². The number of aromatic nitrogens is 1. The largest absolute Gasteiger partial charge is 0.322 e. The average Bonchev–Trinajstić information content (AvgIpc) is 3.39. The first kappa shape index (κ1) is 22.3. The summed E-state index contributed by atoms with van der Waals surface area (Å²) in [7, 11) is 0. The minimum atomic E-state index is -0.688. The van der Waals surface area contributed by atoms with Gasteiger partial charge < -0.3 is 4.90 Å². The molecule has 35 heavy (non-hydrogen) atoms. The number of piperidine rings is 2. The Kier molecular flexibility index (Phi) is 5.61. The molecule has 0 aliphatic carbocycles. The maximum atomic E-state index is 15.1. The zero-order chi connectivity index (χ0) is 24.1. The standard InChI is InChI=1S/C26H25FN4O3S/c27-21-12-20-17(13-31(26(20)34)22-3-4-23(32)29-24(22)33)11-19(21)15-5-8-30(9-6-15)14-18-10-16-2-1-7-28-25(16)35-18/h1-2,7,10-12,15,22H,3-6,8-9,13-14H2,(H,29,32,33). The van der Waals surface area contributed by atoms with Crippen molar-refractivity contribution in [3.63, 3.8) is 0 Å². The Balaban J connectivity index is 1.13. The number of carbonyl (C=O) groups excluding carboxylic acids is 3. The van der Waals surface area contributed by atoms with E-state index < -0.39 is 11.9 Å². The molecule has 0 spiro atoms. The number of hydrogen-bond acceptors (Lipinski definition) is 6. The highest BCUT2D eigenvalue weighted by molar-refractivity contribution is 7.18. The molecule has 3 aromatic rings. The monoisotopic (exact) mass is 492 g/mol. The van der Waals surface area contributed by atoms with Gasteiger partial charge in [-0.15, -0.1) is 11.3 Å². The quantitative estimate of drug-likeness (QED) is 0.563. The zero-order valence-corrected chi connectivity index (χ0v) is 19.9. The van der Waals surface area contributed by atoms with E-state index in [0.29, 0.717) is 17.5 Å². The minimum Gasteiger partial charge on any atom is -0.322 e. The molecule has 3 amide bonds. The Bertz CT molecular complexity index is 1310. The second-order valence-electron chi connectivity index (χ2n) is 9.59. The van der Waals surface area contributed by atoms with Crippen molar-refractivity contribution >= 4 is 39.3 Å². The number of carbonyl (C=O) groups is 3. The van der Waals surface area contributed by atoms with Crippen molar-refractivity contribution < 1.29 is 18.8 Å². The van der Waals surface area contributed by atoms with Gasteiger partial charge in [-0.2, -0.15) is 0 Å². The molecule has 1 unspecified atom stereocenters. The molecular weight excluding hydrogens is 467 g/mol. The van der Waals surface area contributed by atoms with Gasteiger partial charge in [0.05, 0.1) is 0 Å². The lowest BCUT2D eigenvalue weighted by atomic mass is 9.87. The van der Waals surface area contributed by atoms with Gasteiger partial charge in [0.25, 0.3) is 5.91 Å². The summed E-state index contributed by atoms with van der Waals surface area (Å²) in [6.45, 7) is 2.90. The molecular formula is C26H25FN4O3S. The summed E-state index contributed by atoms with van der Waals surface area (Å²) < 4.78 is 15.1. The van der Waals surface area contributed by atoms with E-state index in [4.69, 9.17) is 0 Å². The van der Waals surface area contributed by atoms with Crippen molar-refractivity contribution in [1.29, 1.82) is 0 Å². The van der Waals surface area contributed by atoms with Gasteiger partial charge in [-0.1, -0.05) is 12.1 Å². The summed E-state index contributed by atoms with van der Waals surface area (Å²) in [5.74, 6) is -1.37. The molecule has 0 radical (unpaired) electrons. The summed E-state index contributed by atoms with van der Waals surface area (Å²) in [4.78, 5) is 47.3. The Hall–Kier alpha value is -3.17. The fraction of sp³-hybridized carbons (Fsp3) is 0.385. The number of fused-ring (bicyclic) bond motifs is 2. The van der Waals surface area contributed by atoms with Crippen molar-refractivity contribution in [3.8, 4) is 0 Å². The lowest BCUT2D eigenvalue weighted by Crippen LogP contribution is -2.52. The van der Waals surface area contributed by atoms with Crippen LogP contribution in [0.4, 0.5) is 4.39 Å². The SMILES string of the molecule is O=C1CCC(N2Cc3cc(C4CCN(Cc5cc6cccnc6s5)CC4)c(F)cc3C2=O)C(=O)N1. The number of amides is 3. The van der Waals surface area contributed by atoms with E-state index in [9.17, 15) is 14.4 Å². The molecule has 0 saturated carbocycles. The number of thiophene rings is 1. The summed E-state index contributed by atoms with van der Waals surface area (Å²) in [6.07, 6.45) is 4.02. The zero-order valence-electron chi connectivity index (χ0n) is 19.1. The lowest BCUT2D eigenvalue weighted by Gasteiger charge is -2.32. The Morgan fingerprint density at radius 1 is 1.11 bits per heavy atom. The first-order valence-electron chi connectivity index (χ1n) is 12.0. The van der Waals surface area contributed by atoms with E-state index in [1.54, 1.807) is 11.3 Å². The number of nitrogens with zero attached hydrogens (tertiary/aromatic N) is 3. The van der Waals surface area contributed by atoms with Crippen LogP contribution in [0.2, 0.25) is 0 Å². The van der Waals surface area contributed by atoms with E-state index >= 15 is 4.39 Å². The van der Waals surface area contributed by atoms with Gasteiger partial charge in [-0.25, -0.2) is 9.37 Å². The number of pyridine rings is 1. The van der Waals surface area contributed by atoms with E-state index in [2.05, 4.69) is 27.3 Å². The van der Waals surface area contributed by atoms with Crippen LogP contribution in [0.3, 0.4) is 0 Å². The minimum absolute atomic E-state index is 0.0976. The molecule has 2 fully saturated rings. The van der Waals surface area contributed by atoms with Gasteiger partial charge in [0.1, 0.15) is 16.7 Å². The molecule has 5 heterocycles. The number of nitrogens with one attached hydrogen (secondary N) is 1. The molecule has 180 valence electrons. The molecule has 3 aliphatic heterocycles. The van der Waals surface area contributed by atoms with Gasteiger partial charge in [-0.3, -0.25) is 24.6 Å². The predicted molar refractivity (Wildman–Crippen MR) is 129 cm³/mol. The molecule has 2 aromatic heterocycles. The molecule has 1 atom stereocenters. The Morgan fingerprint density at radius 3 is 2.71 bits per heavy atom. The second kappa shape index (κ2) is 8.80. The highest BCUT2D eigenvalue weighted by Gasteiger charge is 2.40. The van der Waals surface area contributed by atoms with Crippen LogP contribution in [-0.4, -0.2) is 51.6 Å². The summed E-state index contributed by atoms with van der Waals surface area (Å²) in [5.41, 5.74) is 1.75. The maximum Gasteiger partial charge on any atom is 0.255 e. The summed E-state index contributed by atoms with van der Waals surface area (Å²) >= 11 is 1.72. The van der Waals surface area contributed by atoms with Crippen LogP contribution < -0.4 is 5.32 Å². The number of benzene rings is 1. The number of rotatable bonds is 4. The molecule has 7 nitrogen and oxygen atoms in total. The smallest absolute Gasteiger partial charge is 0.255 e. The summed E-state index contributed by atoms with van der Waals surface area (Å²) in [5, 5.41) is 3.47. The number of likely N-dealkylation sites (tertiary alicyclic amines) is 1.